The summed E-state index contributed by atoms with van der Waals surface area (Å²) in [6, 6.07) is 21.5. The lowest BCUT2D eigenvalue weighted by atomic mass is 9.98. The van der Waals surface area contributed by atoms with Crippen molar-refractivity contribution in [3.05, 3.63) is 90.5 Å². The van der Waals surface area contributed by atoms with Gasteiger partial charge in [-0.3, -0.25) is 14.9 Å². The van der Waals surface area contributed by atoms with Crippen molar-refractivity contribution in [2.24, 2.45) is 0 Å². The summed E-state index contributed by atoms with van der Waals surface area (Å²) in [4.78, 5) is 24.3. The van der Waals surface area contributed by atoms with Gasteiger partial charge in [0.1, 0.15) is 5.82 Å². The summed E-state index contributed by atoms with van der Waals surface area (Å²) in [5.74, 6) is 1.34. The smallest absolute Gasteiger partial charge is 0.255 e. The number of benzene rings is 2. The maximum Gasteiger partial charge on any atom is 0.255 e. The minimum atomic E-state index is -0.112. The highest BCUT2D eigenvalue weighted by Crippen LogP contribution is 2.34. The van der Waals surface area contributed by atoms with E-state index >= 15 is 0 Å². The van der Waals surface area contributed by atoms with Crippen molar-refractivity contribution < 1.29 is 4.79 Å². The Morgan fingerprint density at radius 3 is 2.60 bits per heavy atom. The van der Waals surface area contributed by atoms with Gasteiger partial charge in [-0.2, -0.15) is 5.10 Å². The molecule has 3 heterocycles. The molecule has 0 saturated carbocycles. The quantitative estimate of drug-likeness (QED) is 0.552. The lowest BCUT2D eigenvalue weighted by molar-refractivity contribution is 0.0731. The fourth-order valence-corrected chi connectivity index (χ4v) is 4.04. The van der Waals surface area contributed by atoms with Gasteiger partial charge in [0.15, 0.2) is 5.82 Å². The highest BCUT2D eigenvalue weighted by atomic mass is 16.2. The first-order chi connectivity index (χ1) is 14.8. The zero-order chi connectivity index (χ0) is 20.3. The Bertz CT molecular complexity index is 1160. The molecule has 6 heteroatoms. The topological polar surface area (TPSA) is 74.8 Å². The number of carbonyl (C=O) groups is 1. The van der Waals surface area contributed by atoms with Crippen LogP contribution in [-0.2, 0) is 0 Å². The number of aromatic amines is 1. The second-order valence-electron chi connectivity index (χ2n) is 7.35. The Morgan fingerprint density at radius 2 is 1.77 bits per heavy atom. The normalized spacial score (nSPS) is 16.0. The van der Waals surface area contributed by atoms with Gasteiger partial charge < -0.3 is 4.90 Å². The first-order valence-electron chi connectivity index (χ1n) is 10.1. The van der Waals surface area contributed by atoms with E-state index in [1.165, 1.54) is 0 Å². The van der Waals surface area contributed by atoms with Crippen LogP contribution in [0.25, 0.3) is 22.5 Å². The lowest BCUT2D eigenvalue weighted by Gasteiger charge is -2.24. The summed E-state index contributed by atoms with van der Waals surface area (Å²) in [7, 11) is 0. The van der Waals surface area contributed by atoms with Crippen molar-refractivity contribution in [2.45, 2.75) is 18.9 Å². The average Bonchev–Trinajstić information content (AvgIpc) is 3.49. The Morgan fingerprint density at radius 1 is 0.967 bits per heavy atom. The summed E-state index contributed by atoms with van der Waals surface area (Å²) in [5, 5.41) is 7.39. The molecule has 1 unspecified atom stereocenters. The monoisotopic (exact) mass is 395 g/mol. The fraction of sp³-hybridized carbons (Fsp3) is 0.167. The summed E-state index contributed by atoms with van der Waals surface area (Å²) in [6.07, 6.45) is 5.26. The van der Waals surface area contributed by atoms with Gasteiger partial charge in [-0.15, -0.1) is 0 Å². The van der Waals surface area contributed by atoms with E-state index in [1.807, 2.05) is 71.6 Å². The molecule has 1 N–H and O–H groups in total. The van der Waals surface area contributed by atoms with E-state index < -0.39 is 0 Å². The number of nitrogens with one attached hydrogen (secondary N) is 1. The van der Waals surface area contributed by atoms with Crippen LogP contribution in [0.5, 0.6) is 0 Å². The van der Waals surface area contributed by atoms with Crippen molar-refractivity contribution in [1.29, 1.82) is 0 Å². The van der Waals surface area contributed by atoms with Crippen LogP contribution in [0.4, 0.5) is 0 Å². The number of pyridine rings is 1. The highest BCUT2D eigenvalue weighted by Gasteiger charge is 2.33. The van der Waals surface area contributed by atoms with Gasteiger partial charge in [0.2, 0.25) is 0 Å². The van der Waals surface area contributed by atoms with Gasteiger partial charge in [0.05, 0.1) is 6.04 Å². The molecule has 1 amide bonds. The van der Waals surface area contributed by atoms with E-state index in [0.717, 1.165) is 35.4 Å². The third-order valence-corrected chi connectivity index (χ3v) is 5.49. The molecule has 1 aliphatic heterocycles. The lowest BCUT2D eigenvalue weighted by Crippen LogP contribution is -2.31. The molecule has 1 atom stereocenters. The molecular weight excluding hydrogens is 374 g/mol. The molecule has 0 bridgehead atoms. The first kappa shape index (κ1) is 18.2. The molecule has 1 saturated heterocycles. The zero-order valence-corrected chi connectivity index (χ0v) is 16.4. The molecule has 5 rings (SSSR count). The van der Waals surface area contributed by atoms with Gasteiger partial charge in [-0.05, 0) is 42.2 Å². The number of likely N-dealkylation sites (tertiary alicyclic amines) is 1. The fourth-order valence-electron chi connectivity index (χ4n) is 4.04. The van der Waals surface area contributed by atoms with Crippen LogP contribution >= 0.6 is 0 Å². The van der Waals surface area contributed by atoms with Gasteiger partial charge in [0.25, 0.3) is 5.91 Å². The molecule has 1 aliphatic rings. The van der Waals surface area contributed by atoms with Crippen LogP contribution in [0.1, 0.15) is 35.1 Å². The molecule has 1 fully saturated rings. The van der Waals surface area contributed by atoms with Gasteiger partial charge in [0, 0.05) is 30.1 Å². The molecule has 0 aliphatic carbocycles. The number of carbonyl (C=O) groups excluding carboxylic acids is 1. The first-order valence-corrected chi connectivity index (χ1v) is 10.1. The van der Waals surface area contributed by atoms with Gasteiger partial charge in [-0.25, -0.2) is 4.98 Å². The maximum absolute atomic E-state index is 13.6. The number of nitrogens with zero attached hydrogens (tertiary/aromatic N) is 4. The van der Waals surface area contributed by atoms with E-state index in [1.54, 1.807) is 12.4 Å². The van der Waals surface area contributed by atoms with Crippen LogP contribution < -0.4 is 0 Å². The second-order valence-corrected chi connectivity index (χ2v) is 7.35. The van der Waals surface area contributed by atoms with E-state index in [2.05, 4.69) is 20.2 Å². The SMILES string of the molecule is O=C(c1ccccc1-c1ccccc1)N1CCCC1c1nc(-c2cccnc2)n[nH]1. The van der Waals surface area contributed by atoms with Crippen LogP contribution in [-0.4, -0.2) is 37.5 Å². The molecule has 2 aromatic heterocycles. The number of rotatable bonds is 4. The number of aromatic nitrogens is 4. The van der Waals surface area contributed by atoms with E-state index in [9.17, 15) is 4.79 Å². The third kappa shape index (κ3) is 3.37. The van der Waals surface area contributed by atoms with Crippen molar-refractivity contribution in [2.75, 3.05) is 6.54 Å². The molecule has 2 aromatic carbocycles. The Labute approximate surface area is 174 Å². The molecule has 0 spiro atoms. The van der Waals surface area contributed by atoms with Crippen LogP contribution in [0, 0.1) is 0 Å². The van der Waals surface area contributed by atoms with E-state index in [4.69, 9.17) is 0 Å². The summed E-state index contributed by atoms with van der Waals surface area (Å²) in [5.41, 5.74) is 3.55. The summed E-state index contributed by atoms with van der Waals surface area (Å²) >= 11 is 0. The van der Waals surface area contributed by atoms with Crippen LogP contribution in [0.3, 0.4) is 0 Å². The predicted molar refractivity (Wildman–Crippen MR) is 115 cm³/mol. The molecular formula is C24H21N5O. The van der Waals surface area contributed by atoms with E-state index in [0.29, 0.717) is 17.9 Å². The number of H-pyrrole nitrogens is 1. The van der Waals surface area contributed by atoms with Gasteiger partial charge in [-0.1, -0.05) is 48.5 Å². The number of hydrogen-bond acceptors (Lipinski definition) is 4. The summed E-state index contributed by atoms with van der Waals surface area (Å²) in [6.45, 7) is 0.704. The largest absolute Gasteiger partial charge is 0.328 e. The zero-order valence-electron chi connectivity index (χ0n) is 16.4. The molecule has 0 radical (unpaired) electrons. The Kier molecular flexibility index (Phi) is 4.81. The van der Waals surface area contributed by atoms with Gasteiger partial charge >= 0.3 is 0 Å². The third-order valence-electron chi connectivity index (χ3n) is 5.49. The minimum Gasteiger partial charge on any atom is -0.328 e. The van der Waals surface area contributed by atoms with Crippen LogP contribution in [0.2, 0.25) is 0 Å². The Balaban J connectivity index is 1.45. The van der Waals surface area contributed by atoms with Crippen molar-refractivity contribution in [3.8, 4) is 22.5 Å². The highest BCUT2D eigenvalue weighted by molar-refractivity contribution is 6.01. The van der Waals surface area contributed by atoms with E-state index in [-0.39, 0.29) is 11.9 Å². The summed E-state index contributed by atoms with van der Waals surface area (Å²) < 4.78 is 0. The van der Waals surface area contributed by atoms with Crippen molar-refractivity contribution in [3.63, 3.8) is 0 Å². The molecule has 30 heavy (non-hydrogen) atoms. The second kappa shape index (κ2) is 7.91. The van der Waals surface area contributed by atoms with Crippen molar-refractivity contribution >= 4 is 5.91 Å². The Hall–Kier alpha value is -3.80. The standard InChI is InChI=1S/C24H21N5O/c30-24(20-12-5-4-11-19(20)17-8-2-1-3-9-17)29-15-7-13-21(29)23-26-22(27-28-23)18-10-6-14-25-16-18/h1-6,8-12,14,16,21H,7,13,15H2,(H,26,27,28). The van der Waals surface area contributed by atoms with Crippen LogP contribution in [0.15, 0.2) is 79.1 Å². The molecule has 4 aromatic rings. The predicted octanol–water partition coefficient (Wildman–Crippen LogP) is 4.51. The maximum atomic E-state index is 13.6. The number of hydrogen-bond donors (Lipinski definition) is 1. The molecule has 148 valence electrons. The number of amides is 1. The average molecular weight is 395 g/mol. The minimum absolute atomic E-state index is 0.0243. The molecule has 6 nitrogen and oxygen atoms in total. The van der Waals surface area contributed by atoms with Crippen molar-refractivity contribution in [1.82, 2.24) is 25.1 Å².